The van der Waals surface area contributed by atoms with Crippen LogP contribution in [0.5, 0.6) is 0 Å². The second kappa shape index (κ2) is 4.04. The SMILES string of the molecule is Cn1ccc(C2CCC(C(=O)O)CC2)n1. The van der Waals surface area contributed by atoms with Crippen LogP contribution in [-0.2, 0) is 11.8 Å². The van der Waals surface area contributed by atoms with E-state index < -0.39 is 5.97 Å². The summed E-state index contributed by atoms with van der Waals surface area (Å²) in [6.45, 7) is 0. The molecule has 0 saturated heterocycles. The number of aliphatic carboxylic acids is 1. The highest BCUT2D eigenvalue weighted by Crippen LogP contribution is 2.34. The van der Waals surface area contributed by atoms with Gasteiger partial charge >= 0.3 is 5.97 Å². The molecule has 4 nitrogen and oxygen atoms in total. The van der Waals surface area contributed by atoms with Crippen molar-refractivity contribution in [1.82, 2.24) is 9.78 Å². The van der Waals surface area contributed by atoms with Gasteiger partial charge in [-0.3, -0.25) is 9.48 Å². The highest BCUT2D eigenvalue weighted by Gasteiger charge is 2.27. The lowest BCUT2D eigenvalue weighted by molar-refractivity contribution is -0.142. The molecule has 1 saturated carbocycles. The van der Waals surface area contributed by atoms with Crippen molar-refractivity contribution in [3.05, 3.63) is 18.0 Å². The predicted molar refractivity (Wildman–Crippen MR) is 55.5 cm³/mol. The highest BCUT2D eigenvalue weighted by molar-refractivity contribution is 5.70. The van der Waals surface area contributed by atoms with Crippen LogP contribution in [0.4, 0.5) is 0 Å². The van der Waals surface area contributed by atoms with E-state index in [2.05, 4.69) is 5.10 Å². The summed E-state index contributed by atoms with van der Waals surface area (Å²) in [5.41, 5.74) is 1.11. The average molecular weight is 208 g/mol. The van der Waals surface area contributed by atoms with Crippen LogP contribution in [0.1, 0.15) is 37.3 Å². The summed E-state index contributed by atoms with van der Waals surface area (Å²) in [6.07, 6.45) is 5.42. The fourth-order valence-corrected chi connectivity index (χ4v) is 2.29. The Kier molecular flexibility index (Phi) is 2.75. The van der Waals surface area contributed by atoms with Gasteiger partial charge in [0.25, 0.3) is 0 Å². The van der Waals surface area contributed by atoms with Crippen LogP contribution in [0.15, 0.2) is 12.3 Å². The largest absolute Gasteiger partial charge is 0.481 e. The van der Waals surface area contributed by atoms with Gasteiger partial charge in [0.1, 0.15) is 0 Å². The van der Waals surface area contributed by atoms with Crippen molar-refractivity contribution in [2.45, 2.75) is 31.6 Å². The molecule has 1 fully saturated rings. The van der Waals surface area contributed by atoms with E-state index in [0.29, 0.717) is 5.92 Å². The number of carbonyl (C=O) groups is 1. The minimum atomic E-state index is -0.644. The van der Waals surface area contributed by atoms with Crippen molar-refractivity contribution in [1.29, 1.82) is 0 Å². The quantitative estimate of drug-likeness (QED) is 0.806. The summed E-state index contributed by atoms with van der Waals surface area (Å²) >= 11 is 0. The first kappa shape index (κ1) is 10.2. The normalized spacial score (nSPS) is 26.5. The van der Waals surface area contributed by atoms with Gasteiger partial charge in [0.05, 0.1) is 11.6 Å². The molecule has 1 heterocycles. The van der Waals surface area contributed by atoms with E-state index in [1.807, 2.05) is 19.3 Å². The van der Waals surface area contributed by atoms with Crippen LogP contribution in [0, 0.1) is 5.92 Å². The van der Waals surface area contributed by atoms with E-state index in [0.717, 1.165) is 31.4 Å². The van der Waals surface area contributed by atoms with Crippen molar-refractivity contribution in [3.8, 4) is 0 Å². The van der Waals surface area contributed by atoms with Gasteiger partial charge in [0.2, 0.25) is 0 Å². The predicted octanol–water partition coefficient (Wildman–Crippen LogP) is 1.78. The third kappa shape index (κ3) is 2.19. The van der Waals surface area contributed by atoms with Gasteiger partial charge in [-0.2, -0.15) is 5.10 Å². The zero-order valence-corrected chi connectivity index (χ0v) is 8.89. The maximum atomic E-state index is 10.8. The second-order valence-corrected chi connectivity index (χ2v) is 4.30. The number of nitrogens with zero attached hydrogens (tertiary/aromatic N) is 2. The first-order valence-corrected chi connectivity index (χ1v) is 5.39. The Hall–Kier alpha value is -1.32. The van der Waals surface area contributed by atoms with Gasteiger partial charge < -0.3 is 5.11 Å². The lowest BCUT2D eigenvalue weighted by Crippen LogP contribution is -2.20. The maximum Gasteiger partial charge on any atom is 0.306 e. The van der Waals surface area contributed by atoms with Gasteiger partial charge in [-0.25, -0.2) is 0 Å². The standard InChI is InChI=1S/C11H16N2O2/c1-13-7-6-10(12-13)8-2-4-9(5-3-8)11(14)15/h6-9H,2-5H2,1H3,(H,14,15). The van der Waals surface area contributed by atoms with Crippen LogP contribution < -0.4 is 0 Å². The number of aryl methyl sites for hydroxylation is 1. The molecule has 0 unspecified atom stereocenters. The minimum Gasteiger partial charge on any atom is -0.481 e. The smallest absolute Gasteiger partial charge is 0.306 e. The van der Waals surface area contributed by atoms with Gasteiger partial charge in [0.15, 0.2) is 0 Å². The topological polar surface area (TPSA) is 55.1 Å². The minimum absolute atomic E-state index is 0.134. The molecule has 1 aliphatic carbocycles. The molecule has 15 heavy (non-hydrogen) atoms. The first-order valence-electron chi connectivity index (χ1n) is 5.39. The molecule has 0 radical (unpaired) electrons. The number of hydrogen-bond donors (Lipinski definition) is 1. The number of rotatable bonds is 2. The summed E-state index contributed by atoms with van der Waals surface area (Å²) in [7, 11) is 1.91. The molecule has 0 aliphatic heterocycles. The molecule has 1 aromatic heterocycles. The maximum absolute atomic E-state index is 10.8. The Morgan fingerprint density at radius 1 is 1.47 bits per heavy atom. The van der Waals surface area contributed by atoms with Gasteiger partial charge in [-0.1, -0.05) is 0 Å². The zero-order valence-electron chi connectivity index (χ0n) is 8.89. The molecule has 1 aliphatic rings. The Morgan fingerprint density at radius 2 is 2.13 bits per heavy atom. The van der Waals surface area contributed by atoms with Crippen LogP contribution in [0.25, 0.3) is 0 Å². The third-order valence-corrected chi connectivity index (χ3v) is 3.23. The molecular weight excluding hydrogens is 192 g/mol. The summed E-state index contributed by atoms with van der Waals surface area (Å²) in [5.74, 6) is -0.318. The van der Waals surface area contributed by atoms with Crippen molar-refractivity contribution < 1.29 is 9.90 Å². The molecule has 1 N–H and O–H groups in total. The molecular formula is C11H16N2O2. The van der Waals surface area contributed by atoms with Crippen molar-refractivity contribution in [2.24, 2.45) is 13.0 Å². The molecule has 82 valence electrons. The van der Waals surface area contributed by atoms with Crippen LogP contribution >= 0.6 is 0 Å². The van der Waals surface area contributed by atoms with Crippen molar-refractivity contribution >= 4 is 5.97 Å². The van der Waals surface area contributed by atoms with E-state index in [-0.39, 0.29) is 5.92 Å². The Labute approximate surface area is 88.9 Å². The molecule has 0 spiro atoms. The Morgan fingerprint density at radius 3 is 2.60 bits per heavy atom. The van der Waals surface area contributed by atoms with E-state index >= 15 is 0 Å². The van der Waals surface area contributed by atoms with E-state index in [9.17, 15) is 4.79 Å². The van der Waals surface area contributed by atoms with Gasteiger partial charge in [-0.05, 0) is 31.7 Å². The van der Waals surface area contributed by atoms with Crippen LogP contribution in [-0.4, -0.2) is 20.9 Å². The summed E-state index contributed by atoms with van der Waals surface area (Å²) in [6, 6.07) is 2.03. The van der Waals surface area contributed by atoms with Crippen LogP contribution in [0.2, 0.25) is 0 Å². The molecule has 0 bridgehead atoms. The number of aromatic nitrogens is 2. The fraction of sp³-hybridized carbons (Fsp3) is 0.636. The number of carboxylic acids is 1. The van der Waals surface area contributed by atoms with Gasteiger partial charge in [0, 0.05) is 19.2 Å². The highest BCUT2D eigenvalue weighted by atomic mass is 16.4. The first-order chi connectivity index (χ1) is 7.16. The molecule has 1 aromatic rings. The van der Waals surface area contributed by atoms with E-state index in [1.165, 1.54) is 0 Å². The van der Waals surface area contributed by atoms with E-state index in [4.69, 9.17) is 5.11 Å². The number of carboxylic acid groups (broad SMARTS) is 1. The zero-order chi connectivity index (χ0) is 10.8. The summed E-state index contributed by atoms with van der Waals surface area (Å²) < 4.78 is 1.80. The second-order valence-electron chi connectivity index (χ2n) is 4.30. The summed E-state index contributed by atoms with van der Waals surface area (Å²) in [4.78, 5) is 10.8. The molecule has 0 aromatic carbocycles. The molecule has 0 atom stereocenters. The summed E-state index contributed by atoms with van der Waals surface area (Å²) in [5, 5.41) is 13.3. The lowest BCUT2D eigenvalue weighted by atomic mass is 9.81. The van der Waals surface area contributed by atoms with Crippen molar-refractivity contribution in [2.75, 3.05) is 0 Å². The van der Waals surface area contributed by atoms with E-state index in [1.54, 1.807) is 4.68 Å². The van der Waals surface area contributed by atoms with Crippen molar-refractivity contribution in [3.63, 3.8) is 0 Å². The Bertz CT molecular complexity index is 351. The third-order valence-electron chi connectivity index (χ3n) is 3.23. The molecule has 2 rings (SSSR count). The lowest BCUT2D eigenvalue weighted by Gasteiger charge is -2.24. The molecule has 4 heteroatoms. The Balaban J connectivity index is 1.96. The average Bonchev–Trinajstić information content (AvgIpc) is 2.65. The monoisotopic (exact) mass is 208 g/mol. The van der Waals surface area contributed by atoms with Crippen LogP contribution in [0.3, 0.4) is 0 Å². The number of hydrogen-bond acceptors (Lipinski definition) is 2. The van der Waals surface area contributed by atoms with Gasteiger partial charge in [-0.15, -0.1) is 0 Å². The molecule has 0 amide bonds. The fourth-order valence-electron chi connectivity index (χ4n) is 2.29.